The summed E-state index contributed by atoms with van der Waals surface area (Å²) in [5.41, 5.74) is 2.09. The number of ketones is 1. The molecule has 7 heteroatoms. The molecule has 3 aromatic rings. The van der Waals surface area contributed by atoms with Gasteiger partial charge in [0.1, 0.15) is 4.66 Å². The van der Waals surface area contributed by atoms with Gasteiger partial charge in [0.05, 0.1) is 23.8 Å². The maximum atomic E-state index is 13.1. The standard InChI is InChI=1S/C24H24N2O4S/c1-4-30-23(28)15-22-26(16-20(27)18-8-6-5-7-9-18)24(29)21(31-22)14-17-10-12-19(13-11-17)25(2)3/h5-15H,4,16H2,1-3H3/b21-14-,22-15-. The molecule has 0 spiro atoms. The lowest BCUT2D eigenvalue weighted by atomic mass is 10.1. The summed E-state index contributed by atoms with van der Waals surface area (Å²) in [5.74, 6) is -0.757. The third-order valence-corrected chi connectivity index (χ3v) is 5.63. The van der Waals surface area contributed by atoms with Gasteiger partial charge in [-0.3, -0.25) is 14.2 Å². The second-order valence-corrected chi connectivity index (χ2v) is 8.07. The molecule has 6 nitrogen and oxygen atoms in total. The lowest BCUT2D eigenvalue weighted by molar-refractivity contribution is -0.135. The smallest absolute Gasteiger partial charge is 0.333 e. The van der Waals surface area contributed by atoms with E-state index in [-0.39, 0.29) is 24.5 Å². The van der Waals surface area contributed by atoms with Crippen molar-refractivity contribution in [2.24, 2.45) is 0 Å². The van der Waals surface area contributed by atoms with E-state index in [9.17, 15) is 14.4 Å². The van der Waals surface area contributed by atoms with Crippen LogP contribution >= 0.6 is 11.3 Å². The van der Waals surface area contributed by atoms with Crippen molar-refractivity contribution in [1.82, 2.24) is 4.57 Å². The number of benzene rings is 2. The van der Waals surface area contributed by atoms with E-state index < -0.39 is 5.97 Å². The molecule has 3 rings (SSSR count). The van der Waals surface area contributed by atoms with Crippen molar-refractivity contribution >= 4 is 40.9 Å². The van der Waals surface area contributed by atoms with Gasteiger partial charge in [-0.15, -0.1) is 11.3 Å². The predicted octanol–water partition coefficient (Wildman–Crippen LogP) is 2.03. The molecule has 0 saturated carbocycles. The van der Waals surface area contributed by atoms with Gasteiger partial charge < -0.3 is 9.64 Å². The number of carbonyl (C=O) groups is 2. The van der Waals surface area contributed by atoms with E-state index in [1.165, 1.54) is 10.6 Å². The molecule has 1 heterocycles. The minimum absolute atomic E-state index is 0.155. The van der Waals surface area contributed by atoms with Gasteiger partial charge >= 0.3 is 5.97 Å². The highest BCUT2D eigenvalue weighted by Gasteiger charge is 2.12. The summed E-state index contributed by atoms with van der Waals surface area (Å²) in [6.07, 6.45) is 3.03. The number of rotatable bonds is 7. The molecule has 160 valence electrons. The number of hydrogen-bond donors (Lipinski definition) is 0. The fourth-order valence-electron chi connectivity index (χ4n) is 2.96. The van der Waals surface area contributed by atoms with Crippen LogP contribution in [0.1, 0.15) is 22.8 Å². The number of nitrogens with zero attached hydrogens (tertiary/aromatic N) is 2. The summed E-state index contributed by atoms with van der Waals surface area (Å²) in [6.45, 7) is 1.78. The van der Waals surface area contributed by atoms with Crippen molar-refractivity contribution in [2.45, 2.75) is 13.5 Å². The molecule has 0 saturated heterocycles. The van der Waals surface area contributed by atoms with Crippen LogP contribution in [0.4, 0.5) is 5.69 Å². The number of esters is 1. The highest BCUT2D eigenvalue weighted by molar-refractivity contribution is 7.07. The van der Waals surface area contributed by atoms with Crippen LogP contribution in [-0.4, -0.2) is 37.0 Å². The average Bonchev–Trinajstić information content (AvgIpc) is 3.03. The Labute approximate surface area is 184 Å². The zero-order valence-corrected chi connectivity index (χ0v) is 18.5. The van der Waals surface area contributed by atoms with Gasteiger partial charge in [0.2, 0.25) is 0 Å². The van der Waals surface area contributed by atoms with Crippen molar-refractivity contribution in [3.63, 3.8) is 0 Å². The number of Topliss-reactive ketones (excluding diaryl/α,β-unsaturated/α-hetero) is 1. The number of ether oxygens (including phenoxy) is 1. The zero-order chi connectivity index (χ0) is 22.4. The highest BCUT2D eigenvalue weighted by Crippen LogP contribution is 2.12. The maximum Gasteiger partial charge on any atom is 0.333 e. The minimum Gasteiger partial charge on any atom is -0.463 e. The van der Waals surface area contributed by atoms with Gasteiger partial charge in [-0.25, -0.2) is 4.79 Å². The second-order valence-electron chi connectivity index (χ2n) is 7.01. The third-order valence-electron chi connectivity index (χ3n) is 4.57. The first kappa shape index (κ1) is 22.2. The zero-order valence-electron chi connectivity index (χ0n) is 17.7. The van der Waals surface area contributed by atoms with E-state index in [0.717, 1.165) is 22.6 Å². The summed E-state index contributed by atoms with van der Waals surface area (Å²) in [7, 11) is 3.91. The third kappa shape index (κ3) is 5.58. The van der Waals surface area contributed by atoms with Crippen molar-refractivity contribution in [2.75, 3.05) is 25.6 Å². The maximum absolute atomic E-state index is 13.1. The molecule has 0 fully saturated rings. The van der Waals surface area contributed by atoms with Crippen LogP contribution in [0.25, 0.3) is 12.2 Å². The highest BCUT2D eigenvalue weighted by atomic mass is 32.1. The Bertz CT molecular complexity index is 1240. The monoisotopic (exact) mass is 436 g/mol. The molecule has 0 aliphatic heterocycles. The van der Waals surface area contributed by atoms with Gasteiger partial charge in [0, 0.05) is 25.3 Å². The first-order valence-corrected chi connectivity index (χ1v) is 10.7. The molecular weight excluding hydrogens is 412 g/mol. The van der Waals surface area contributed by atoms with E-state index in [1.54, 1.807) is 37.3 Å². The molecule has 0 radical (unpaired) electrons. The second kappa shape index (κ2) is 10.0. The Kier molecular flexibility index (Phi) is 7.20. The van der Waals surface area contributed by atoms with E-state index in [1.807, 2.05) is 49.3 Å². The molecule has 0 aliphatic rings. The fourth-order valence-corrected chi connectivity index (χ4v) is 3.99. The van der Waals surface area contributed by atoms with Gasteiger partial charge in [0.25, 0.3) is 5.56 Å². The summed E-state index contributed by atoms with van der Waals surface area (Å²) in [4.78, 5) is 39.8. The Hall–Kier alpha value is -3.45. The first-order chi connectivity index (χ1) is 14.9. The first-order valence-electron chi connectivity index (χ1n) is 9.84. The molecule has 1 aromatic heterocycles. The van der Waals surface area contributed by atoms with Gasteiger partial charge in [-0.2, -0.15) is 0 Å². The van der Waals surface area contributed by atoms with Gasteiger partial charge in [0.15, 0.2) is 5.78 Å². The van der Waals surface area contributed by atoms with E-state index in [2.05, 4.69) is 0 Å². The Balaban J connectivity index is 2.06. The Morgan fingerprint density at radius 3 is 2.35 bits per heavy atom. The topological polar surface area (TPSA) is 68.6 Å². The van der Waals surface area contributed by atoms with E-state index in [0.29, 0.717) is 14.8 Å². The lowest BCUT2D eigenvalue weighted by Crippen LogP contribution is -2.34. The Morgan fingerprint density at radius 1 is 1.06 bits per heavy atom. The largest absolute Gasteiger partial charge is 0.463 e. The van der Waals surface area contributed by atoms with Crippen LogP contribution < -0.4 is 19.7 Å². The molecule has 0 bridgehead atoms. The Morgan fingerprint density at radius 2 is 1.74 bits per heavy atom. The molecule has 2 aromatic carbocycles. The predicted molar refractivity (Wildman–Crippen MR) is 124 cm³/mol. The molecule has 0 unspecified atom stereocenters. The van der Waals surface area contributed by atoms with Crippen molar-refractivity contribution in [3.05, 3.63) is 85.3 Å². The summed E-state index contributed by atoms with van der Waals surface area (Å²) in [6, 6.07) is 16.5. The van der Waals surface area contributed by atoms with Crippen LogP contribution in [0.3, 0.4) is 0 Å². The van der Waals surface area contributed by atoms with Crippen LogP contribution in [0.5, 0.6) is 0 Å². The SMILES string of the molecule is CCOC(=O)/C=c1\s/c(=C\c2ccc(N(C)C)cc2)c(=O)n1CC(=O)c1ccccc1. The summed E-state index contributed by atoms with van der Waals surface area (Å²) < 4.78 is 7.14. The number of anilines is 1. The van der Waals surface area contributed by atoms with Gasteiger partial charge in [-0.05, 0) is 30.7 Å². The summed E-state index contributed by atoms with van der Waals surface area (Å²) in [5, 5.41) is 0. The number of aromatic nitrogens is 1. The number of carbonyl (C=O) groups excluding carboxylic acids is 2. The average molecular weight is 437 g/mol. The van der Waals surface area contributed by atoms with Crippen LogP contribution in [0, 0.1) is 0 Å². The minimum atomic E-state index is -0.549. The molecule has 0 amide bonds. The summed E-state index contributed by atoms with van der Waals surface area (Å²) >= 11 is 1.16. The van der Waals surface area contributed by atoms with Gasteiger partial charge in [-0.1, -0.05) is 42.5 Å². The van der Waals surface area contributed by atoms with Crippen LogP contribution in [0.15, 0.2) is 59.4 Å². The number of thiazole rings is 1. The normalized spacial score (nSPS) is 12.1. The molecule has 31 heavy (non-hydrogen) atoms. The molecule has 0 atom stereocenters. The fraction of sp³-hybridized carbons (Fsp3) is 0.208. The van der Waals surface area contributed by atoms with Crippen LogP contribution in [0.2, 0.25) is 0 Å². The van der Waals surface area contributed by atoms with E-state index in [4.69, 9.17) is 4.74 Å². The van der Waals surface area contributed by atoms with Crippen molar-refractivity contribution < 1.29 is 14.3 Å². The van der Waals surface area contributed by atoms with Crippen LogP contribution in [-0.2, 0) is 16.1 Å². The number of hydrogen-bond acceptors (Lipinski definition) is 6. The van der Waals surface area contributed by atoms with Crippen molar-refractivity contribution in [3.8, 4) is 0 Å². The van der Waals surface area contributed by atoms with E-state index >= 15 is 0 Å². The molecule has 0 aliphatic carbocycles. The molecule has 0 N–H and O–H groups in total. The quantitative estimate of drug-likeness (QED) is 0.419. The van der Waals surface area contributed by atoms with Crippen molar-refractivity contribution in [1.29, 1.82) is 0 Å². The lowest BCUT2D eigenvalue weighted by Gasteiger charge is -2.11. The molecular formula is C24H24N2O4S.